The molecule has 4 heteroatoms. The van der Waals surface area contributed by atoms with E-state index in [0.717, 1.165) is 16.6 Å². The summed E-state index contributed by atoms with van der Waals surface area (Å²) in [4.78, 5) is 18.0. The van der Waals surface area contributed by atoms with Gasteiger partial charge in [-0.3, -0.25) is 0 Å². The summed E-state index contributed by atoms with van der Waals surface area (Å²) in [6, 6.07) is 8.14. The second kappa shape index (κ2) is 5.72. The van der Waals surface area contributed by atoms with E-state index in [-0.39, 0.29) is 5.56 Å². The Morgan fingerprint density at radius 3 is 2.52 bits per heavy atom. The highest BCUT2D eigenvalue weighted by atomic mass is 16.4. The molecule has 1 saturated carbocycles. The fourth-order valence-corrected chi connectivity index (χ4v) is 3.27. The van der Waals surface area contributed by atoms with E-state index < -0.39 is 5.97 Å². The van der Waals surface area contributed by atoms with Crippen LogP contribution < -0.4 is 4.90 Å². The van der Waals surface area contributed by atoms with Gasteiger partial charge in [-0.1, -0.05) is 43.5 Å². The number of nitrogens with zero attached hydrogens (tertiary/aromatic N) is 2. The van der Waals surface area contributed by atoms with Gasteiger partial charge in [0.15, 0.2) is 0 Å². The van der Waals surface area contributed by atoms with Gasteiger partial charge in [-0.15, -0.1) is 0 Å². The van der Waals surface area contributed by atoms with E-state index in [4.69, 9.17) is 0 Å². The highest BCUT2D eigenvalue weighted by Crippen LogP contribution is 2.31. The first kappa shape index (κ1) is 13.9. The van der Waals surface area contributed by atoms with Crippen molar-refractivity contribution in [3.63, 3.8) is 0 Å². The van der Waals surface area contributed by atoms with Crippen LogP contribution in [0.4, 0.5) is 5.82 Å². The molecular formula is C17H20N2O2. The highest BCUT2D eigenvalue weighted by molar-refractivity contribution is 6.06. The first-order valence-corrected chi connectivity index (χ1v) is 7.52. The Balaban J connectivity index is 2.06. The zero-order chi connectivity index (χ0) is 14.8. The average Bonchev–Trinajstić information content (AvgIpc) is 2.54. The molecule has 1 aromatic heterocycles. The molecule has 1 fully saturated rings. The first-order valence-electron chi connectivity index (χ1n) is 7.52. The van der Waals surface area contributed by atoms with Crippen molar-refractivity contribution in [2.45, 2.75) is 38.1 Å². The molecule has 1 aliphatic carbocycles. The van der Waals surface area contributed by atoms with Gasteiger partial charge in [0.2, 0.25) is 0 Å². The number of rotatable bonds is 3. The third-order valence-electron chi connectivity index (χ3n) is 4.46. The number of anilines is 1. The minimum absolute atomic E-state index is 0.270. The number of aromatic nitrogens is 1. The molecule has 0 aliphatic heterocycles. The lowest BCUT2D eigenvalue weighted by atomic mass is 9.94. The van der Waals surface area contributed by atoms with Crippen molar-refractivity contribution in [2.24, 2.45) is 0 Å². The Morgan fingerprint density at radius 1 is 1.19 bits per heavy atom. The maximum absolute atomic E-state index is 11.3. The van der Waals surface area contributed by atoms with E-state index in [2.05, 4.69) is 16.9 Å². The molecule has 110 valence electrons. The zero-order valence-electron chi connectivity index (χ0n) is 12.2. The summed E-state index contributed by atoms with van der Waals surface area (Å²) in [5.74, 6) is -0.0342. The largest absolute Gasteiger partial charge is 0.478 e. The van der Waals surface area contributed by atoms with Gasteiger partial charge in [0, 0.05) is 30.1 Å². The number of pyridine rings is 1. The number of aromatic carboxylic acids is 1. The summed E-state index contributed by atoms with van der Waals surface area (Å²) in [6.07, 6.45) is 7.70. The predicted molar refractivity (Wildman–Crippen MR) is 84.0 cm³/mol. The molecule has 0 amide bonds. The van der Waals surface area contributed by atoms with Crippen LogP contribution >= 0.6 is 0 Å². The van der Waals surface area contributed by atoms with Crippen LogP contribution in [0, 0.1) is 0 Å². The molecule has 1 N–H and O–H groups in total. The van der Waals surface area contributed by atoms with Crippen molar-refractivity contribution in [2.75, 3.05) is 11.9 Å². The van der Waals surface area contributed by atoms with Gasteiger partial charge in [-0.05, 0) is 12.8 Å². The normalized spacial score (nSPS) is 16.0. The Hall–Kier alpha value is -2.10. The molecule has 0 unspecified atom stereocenters. The van der Waals surface area contributed by atoms with E-state index in [1.165, 1.54) is 38.3 Å². The number of benzene rings is 1. The Bertz CT molecular complexity index is 663. The molecule has 1 heterocycles. The summed E-state index contributed by atoms with van der Waals surface area (Å²) >= 11 is 0. The maximum Gasteiger partial charge on any atom is 0.337 e. The van der Waals surface area contributed by atoms with Crippen molar-refractivity contribution in [1.82, 2.24) is 4.98 Å². The lowest BCUT2D eigenvalue weighted by Gasteiger charge is -2.32. The Labute approximate surface area is 124 Å². The van der Waals surface area contributed by atoms with Crippen molar-refractivity contribution in [3.8, 4) is 0 Å². The molecule has 21 heavy (non-hydrogen) atoms. The van der Waals surface area contributed by atoms with Gasteiger partial charge in [0.05, 0.1) is 5.56 Å². The van der Waals surface area contributed by atoms with Crippen LogP contribution in [0.1, 0.15) is 42.5 Å². The molecule has 0 atom stereocenters. The topological polar surface area (TPSA) is 53.4 Å². The van der Waals surface area contributed by atoms with Crippen LogP contribution in [0.15, 0.2) is 30.5 Å². The summed E-state index contributed by atoms with van der Waals surface area (Å²) in [7, 11) is 2.07. The smallest absolute Gasteiger partial charge is 0.337 e. The van der Waals surface area contributed by atoms with Crippen molar-refractivity contribution in [3.05, 3.63) is 36.0 Å². The molecule has 1 aliphatic rings. The molecule has 0 radical (unpaired) electrons. The van der Waals surface area contributed by atoms with E-state index in [0.29, 0.717) is 6.04 Å². The number of carbonyl (C=O) groups is 1. The van der Waals surface area contributed by atoms with Gasteiger partial charge >= 0.3 is 5.97 Å². The van der Waals surface area contributed by atoms with Crippen LogP contribution in [0.5, 0.6) is 0 Å². The molecule has 1 aromatic carbocycles. The van der Waals surface area contributed by atoms with Crippen LogP contribution in [0.2, 0.25) is 0 Å². The lowest BCUT2D eigenvalue weighted by Crippen LogP contribution is -2.34. The van der Waals surface area contributed by atoms with Gasteiger partial charge in [0.1, 0.15) is 5.82 Å². The lowest BCUT2D eigenvalue weighted by molar-refractivity contribution is 0.0698. The maximum atomic E-state index is 11.3. The number of hydrogen-bond donors (Lipinski definition) is 1. The molecule has 4 nitrogen and oxygen atoms in total. The standard InChI is InChI=1S/C17H20N2O2/c1-19(12-7-3-2-4-8-12)16-14-10-6-5-9-13(14)15(11-18-16)17(20)21/h5-6,9-12H,2-4,7-8H2,1H3,(H,20,21). The molecule has 3 rings (SSSR count). The minimum Gasteiger partial charge on any atom is -0.478 e. The fraction of sp³-hybridized carbons (Fsp3) is 0.412. The third kappa shape index (κ3) is 2.58. The molecule has 0 bridgehead atoms. The Morgan fingerprint density at radius 2 is 1.86 bits per heavy atom. The molecule has 2 aromatic rings. The average molecular weight is 284 g/mol. The number of fused-ring (bicyclic) bond motifs is 1. The third-order valence-corrected chi connectivity index (χ3v) is 4.46. The van der Waals surface area contributed by atoms with Gasteiger partial charge in [0.25, 0.3) is 0 Å². The number of carboxylic acids is 1. The monoisotopic (exact) mass is 284 g/mol. The fourth-order valence-electron chi connectivity index (χ4n) is 3.27. The minimum atomic E-state index is -0.925. The van der Waals surface area contributed by atoms with Crippen LogP contribution in [0.3, 0.4) is 0 Å². The molecular weight excluding hydrogens is 264 g/mol. The first-order chi connectivity index (χ1) is 10.2. The van der Waals surface area contributed by atoms with Crippen molar-refractivity contribution >= 4 is 22.6 Å². The van der Waals surface area contributed by atoms with Crippen LogP contribution in [-0.2, 0) is 0 Å². The summed E-state index contributed by atoms with van der Waals surface area (Å²) < 4.78 is 0. The van der Waals surface area contributed by atoms with Crippen LogP contribution in [0.25, 0.3) is 10.8 Å². The van der Waals surface area contributed by atoms with Gasteiger partial charge in [-0.25, -0.2) is 9.78 Å². The molecule has 0 saturated heterocycles. The summed E-state index contributed by atoms with van der Waals surface area (Å²) in [5, 5.41) is 11.0. The van der Waals surface area contributed by atoms with E-state index >= 15 is 0 Å². The predicted octanol–water partition coefficient (Wildman–Crippen LogP) is 3.70. The van der Waals surface area contributed by atoms with Crippen molar-refractivity contribution < 1.29 is 9.90 Å². The Kier molecular flexibility index (Phi) is 3.78. The number of hydrogen-bond acceptors (Lipinski definition) is 3. The summed E-state index contributed by atoms with van der Waals surface area (Å²) in [6.45, 7) is 0. The second-order valence-corrected chi connectivity index (χ2v) is 5.75. The van der Waals surface area contributed by atoms with E-state index in [1.807, 2.05) is 24.3 Å². The number of carboxylic acid groups (broad SMARTS) is 1. The van der Waals surface area contributed by atoms with Crippen molar-refractivity contribution in [1.29, 1.82) is 0 Å². The summed E-state index contributed by atoms with van der Waals surface area (Å²) in [5.41, 5.74) is 0.270. The van der Waals surface area contributed by atoms with Crippen LogP contribution in [-0.4, -0.2) is 29.1 Å². The quantitative estimate of drug-likeness (QED) is 0.933. The van der Waals surface area contributed by atoms with Gasteiger partial charge in [-0.2, -0.15) is 0 Å². The highest BCUT2D eigenvalue weighted by Gasteiger charge is 2.22. The van der Waals surface area contributed by atoms with E-state index in [9.17, 15) is 9.90 Å². The second-order valence-electron chi connectivity index (χ2n) is 5.75. The zero-order valence-corrected chi connectivity index (χ0v) is 12.2. The van der Waals surface area contributed by atoms with E-state index in [1.54, 1.807) is 0 Å². The van der Waals surface area contributed by atoms with Gasteiger partial charge < -0.3 is 10.0 Å². The SMILES string of the molecule is CN(c1ncc(C(=O)O)c2ccccc12)C1CCCCC1. The molecule has 0 spiro atoms.